The SMILES string of the molecule is O=C(C1CCc2nnc(C3CCN(c4ncccn4)C3)n2C1)N1CCCC1.O=C(O)C(F)(F)F. The average molecular weight is 481 g/mol. The molecule has 0 radical (unpaired) electrons. The van der Waals surface area contributed by atoms with Gasteiger partial charge in [-0.2, -0.15) is 13.2 Å². The Morgan fingerprint density at radius 1 is 1.00 bits per heavy atom. The normalized spacial score (nSPS) is 22.2. The number of fused-ring (bicyclic) bond motifs is 1. The van der Waals surface area contributed by atoms with Crippen LogP contribution < -0.4 is 4.90 Å². The van der Waals surface area contributed by atoms with E-state index in [0.29, 0.717) is 11.8 Å². The zero-order valence-electron chi connectivity index (χ0n) is 18.5. The van der Waals surface area contributed by atoms with Crippen molar-refractivity contribution in [2.24, 2.45) is 5.92 Å². The summed E-state index contributed by atoms with van der Waals surface area (Å²) in [6.07, 6.45) is 3.51. The van der Waals surface area contributed by atoms with E-state index >= 15 is 0 Å². The summed E-state index contributed by atoms with van der Waals surface area (Å²) in [5.74, 6) is 0.791. The van der Waals surface area contributed by atoms with Crippen LogP contribution in [0.25, 0.3) is 0 Å². The molecule has 34 heavy (non-hydrogen) atoms. The number of aromatic nitrogens is 5. The first-order valence-electron chi connectivity index (χ1n) is 11.3. The van der Waals surface area contributed by atoms with Gasteiger partial charge in [0.2, 0.25) is 11.9 Å². The van der Waals surface area contributed by atoms with Crippen molar-refractivity contribution in [3.63, 3.8) is 0 Å². The summed E-state index contributed by atoms with van der Waals surface area (Å²) in [5, 5.41) is 16.1. The average Bonchev–Trinajstić information content (AvgIpc) is 3.59. The van der Waals surface area contributed by atoms with Crippen molar-refractivity contribution in [3.05, 3.63) is 30.1 Å². The number of carbonyl (C=O) groups is 2. The summed E-state index contributed by atoms with van der Waals surface area (Å²) in [6.45, 7) is 4.35. The molecule has 0 aromatic carbocycles. The molecule has 2 aromatic rings. The van der Waals surface area contributed by atoms with Gasteiger partial charge in [0.25, 0.3) is 0 Å². The van der Waals surface area contributed by atoms with Gasteiger partial charge < -0.3 is 19.5 Å². The second kappa shape index (κ2) is 9.94. The van der Waals surface area contributed by atoms with Crippen molar-refractivity contribution >= 4 is 17.8 Å². The molecule has 2 saturated heterocycles. The maximum Gasteiger partial charge on any atom is 0.490 e. The van der Waals surface area contributed by atoms with E-state index in [2.05, 4.69) is 29.6 Å². The highest BCUT2D eigenvalue weighted by Crippen LogP contribution is 2.31. The van der Waals surface area contributed by atoms with E-state index in [1.165, 1.54) is 0 Å². The van der Waals surface area contributed by atoms with E-state index in [4.69, 9.17) is 9.90 Å². The van der Waals surface area contributed by atoms with Gasteiger partial charge in [-0.05, 0) is 31.7 Å². The molecule has 1 amide bonds. The first kappa shape index (κ1) is 23.9. The first-order chi connectivity index (χ1) is 16.2. The van der Waals surface area contributed by atoms with Crippen LogP contribution in [-0.4, -0.2) is 79.0 Å². The van der Waals surface area contributed by atoms with E-state index in [0.717, 1.165) is 82.4 Å². The fourth-order valence-corrected chi connectivity index (χ4v) is 4.65. The molecule has 2 atom stereocenters. The number of carbonyl (C=O) groups excluding carboxylic acids is 1. The van der Waals surface area contributed by atoms with Crippen molar-refractivity contribution in [3.8, 4) is 0 Å². The van der Waals surface area contributed by atoms with Crippen molar-refractivity contribution in [2.45, 2.75) is 50.7 Å². The number of hydrogen-bond acceptors (Lipinski definition) is 7. The van der Waals surface area contributed by atoms with Crippen LogP contribution in [0.2, 0.25) is 0 Å². The number of anilines is 1. The molecule has 5 heterocycles. The van der Waals surface area contributed by atoms with Crippen LogP contribution in [0.3, 0.4) is 0 Å². The Labute approximate surface area is 193 Å². The number of nitrogens with zero attached hydrogens (tertiary/aromatic N) is 7. The number of halogens is 3. The molecule has 0 saturated carbocycles. The van der Waals surface area contributed by atoms with E-state index < -0.39 is 12.1 Å². The standard InChI is InChI=1S/C19H25N7O.C2HF3O2/c27-18(24-9-1-2-10-24)15-4-5-16-22-23-17(26(16)13-15)14-6-11-25(12-14)19-20-7-3-8-21-19;3-2(4,5)1(6)7/h3,7-8,14-15H,1-2,4-6,9-13H2;(H,6,7). The molecule has 184 valence electrons. The Balaban J connectivity index is 0.000000344. The molecule has 0 spiro atoms. The lowest BCUT2D eigenvalue weighted by Crippen LogP contribution is -2.38. The third kappa shape index (κ3) is 5.28. The Morgan fingerprint density at radius 2 is 1.68 bits per heavy atom. The van der Waals surface area contributed by atoms with Gasteiger partial charge in [0.1, 0.15) is 11.6 Å². The molecule has 13 heteroatoms. The van der Waals surface area contributed by atoms with Crippen LogP contribution >= 0.6 is 0 Å². The fourth-order valence-electron chi connectivity index (χ4n) is 4.65. The Bertz CT molecular complexity index is 1010. The Morgan fingerprint density at radius 3 is 2.32 bits per heavy atom. The van der Waals surface area contributed by atoms with Gasteiger partial charge in [0.15, 0.2) is 0 Å². The number of amides is 1. The van der Waals surface area contributed by atoms with Gasteiger partial charge in [0, 0.05) is 57.5 Å². The second-order valence-electron chi connectivity index (χ2n) is 8.64. The monoisotopic (exact) mass is 481 g/mol. The number of aryl methyl sites for hydroxylation is 1. The third-order valence-corrected chi connectivity index (χ3v) is 6.37. The number of alkyl halides is 3. The summed E-state index contributed by atoms with van der Waals surface area (Å²) in [5.41, 5.74) is 0. The van der Waals surface area contributed by atoms with E-state index in [9.17, 15) is 18.0 Å². The molecule has 5 rings (SSSR count). The molecule has 0 bridgehead atoms. The molecule has 0 aliphatic carbocycles. The minimum Gasteiger partial charge on any atom is -0.475 e. The second-order valence-corrected chi connectivity index (χ2v) is 8.64. The van der Waals surface area contributed by atoms with Gasteiger partial charge >= 0.3 is 12.1 Å². The highest BCUT2D eigenvalue weighted by Gasteiger charge is 2.38. The number of likely N-dealkylation sites (tertiary alicyclic amines) is 1. The van der Waals surface area contributed by atoms with Crippen LogP contribution in [0.5, 0.6) is 0 Å². The van der Waals surface area contributed by atoms with Gasteiger partial charge in [-0.25, -0.2) is 14.8 Å². The molecule has 3 aliphatic rings. The van der Waals surface area contributed by atoms with Crippen molar-refractivity contribution in [1.82, 2.24) is 29.6 Å². The fraction of sp³-hybridized carbons (Fsp3) is 0.619. The van der Waals surface area contributed by atoms with Crippen LogP contribution in [0.1, 0.15) is 43.3 Å². The van der Waals surface area contributed by atoms with Crippen molar-refractivity contribution in [2.75, 3.05) is 31.1 Å². The Hall–Kier alpha value is -3.25. The zero-order valence-corrected chi connectivity index (χ0v) is 18.5. The summed E-state index contributed by atoms with van der Waals surface area (Å²) in [7, 11) is 0. The summed E-state index contributed by atoms with van der Waals surface area (Å²) in [6, 6.07) is 1.84. The van der Waals surface area contributed by atoms with Crippen LogP contribution in [0, 0.1) is 5.92 Å². The molecule has 2 unspecified atom stereocenters. The molecular formula is C21H26F3N7O3. The number of hydrogen-bond donors (Lipinski definition) is 1. The van der Waals surface area contributed by atoms with Crippen LogP contribution in [0.15, 0.2) is 18.5 Å². The summed E-state index contributed by atoms with van der Waals surface area (Å²) >= 11 is 0. The maximum atomic E-state index is 12.8. The van der Waals surface area contributed by atoms with Crippen molar-refractivity contribution < 1.29 is 27.9 Å². The van der Waals surface area contributed by atoms with Gasteiger partial charge in [0.05, 0.1) is 5.92 Å². The molecule has 1 N–H and O–H groups in total. The lowest BCUT2D eigenvalue weighted by atomic mass is 9.97. The highest BCUT2D eigenvalue weighted by atomic mass is 19.4. The predicted octanol–water partition coefficient (Wildman–Crippen LogP) is 1.88. The molecule has 3 aliphatic heterocycles. The smallest absolute Gasteiger partial charge is 0.475 e. The lowest BCUT2D eigenvalue weighted by molar-refractivity contribution is -0.192. The van der Waals surface area contributed by atoms with Crippen LogP contribution in [0.4, 0.5) is 19.1 Å². The minimum absolute atomic E-state index is 0.0697. The predicted molar refractivity (Wildman–Crippen MR) is 113 cm³/mol. The topological polar surface area (TPSA) is 117 Å². The number of aliphatic carboxylic acids is 1. The van der Waals surface area contributed by atoms with E-state index in [1.54, 1.807) is 12.4 Å². The largest absolute Gasteiger partial charge is 0.490 e. The molecular weight excluding hydrogens is 455 g/mol. The van der Waals surface area contributed by atoms with Gasteiger partial charge in [-0.1, -0.05) is 0 Å². The number of rotatable bonds is 3. The highest BCUT2D eigenvalue weighted by molar-refractivity contribution is 5.79. The van der Waals surface area contributed by atoms with Crippen molar-refractivity contribution in [1.29, 1.82) is 0 Å². The lowest BCUT2D eigenvalue weighted by Gasteiger charge is -2.28. The first-order valence-corrected chi connectivity index (χ1v) is 11.3. The maximum absolute atomic E-state index is 12.8. The van der Waals surface area contributed by atoms with Gasteiger partial charge in [-0.3, -0.25) is 4.79 Å². The number of carboxylic acid groups (broad SMARTS) is 1. The number of carboxylic acids is 1. The quantitative estimate of drug-likeness (QED) is 0.706. The van der Waals surface area contributed by atoms with E-state index in [-0.39, 0.29) is 5.92 Å². The summed E-state index contributed by atoms with van der Waals surface area (Å²) in [4.78, 5) is 34.7. The minimum atomic E-state index is -5.08. The molecule has 10 nitrogen and oxygen atoms in total. The van der Waals surface area contributed by atoms with E-state index in [1.807, 2.05) is 11.0 Å². The summed E-state index contributed by atoms with van der Waals surface area (Å²) < 4.78 is 34.0. The van der Waals surface area contributed by atoms with Gasteiger partial charge in [-0.15, -0.1) is 10.2 Å². The molecule has 2 fully saturated rings. The molecule has 2 aromatic heterocycles. The third-order valence-electron chi connectivity index (χ3n) is 6.37. The van der Waals surface area contributed by atoms with Crippen LogP contribution in [-0.2, 0) is 22.6 Å². The zero-order chi connectivity index (χ0) is 24.3. The Kier molecular flexibility index (Phi) is 6.98.